The first-order valence-corrected chi connectivity index (χ1v) is 5.68. The van der Waals surface area contributed by atoms with Gasteiger partial charge in [-0.3, -0.25) is 10.2 Å². The van der Waals surface area contributed by atoms with Crippen molar-refractivity contribution in [2.75, 3.05) is 13.7 Å². The summed E-state index contributed by atoms with van der Waals surface area (Å²) in [6.07, 6.45) is -4.42. The fraction of sp³-hybridized carbons (Fsp3) is 0.417. The number of carbonyl (C=O) groups is 1. The Morgan fingerprint density at radius 3 is 2.68 bits per heavy atom. The Kier molecular flexibility index (Phi) is 3.66. The summed E-state index contributed by atoms with van der Waals surface area (Å²) in [5.74, 6) is -0.0607. The molecule has 0 radical (unpaired) electrons. The van der Waals surface area contributed by atoms with E-state index in [0.29, 0.717) is 5.75 Å². The summed E-state index contributed by atoms with van der Waals surface area (Å²) in [6, 6.07) is 3.88. The van der Waals surface area contributed by atoms with Gasteiger partial charge in [0.05, 0.1) is 7.11 Å². The predicted octanol–water partition coefficient (Wildman–Crippen LogP) is 2.04. The summed E-state index contributed by atoms with van der Waals surface area (Å²) in [5, 5.41) is 0.914. The van der Waals surface area contributed by atoms with E-state index < -0.39 is 18.1 Å². The van der Waals surface area contributed by atoms with Crippen LogP contribution in [0.25, 0.3) is 0 Å². The van der Waals surface area contributed by atoms with Crippen molar-refractivity contribution in [2.24, 2.45) is 0 Å². The van der Waals surface area contributed by atoms with Crippen molar-refractivity contribution >= 4 is 5.91 Å². The number of halogens is 3. The lowest BCUT2D eigenvalue weighted by molar-refractivity contribution is -0.191. The molecule has 2 rings (SSSR count). The van der Waals surface area contributed by atoms with E-state index in [2.05, 4.69) is 5.43 Å². The van der Waals surface area contributed by atoms with Crippen LogP contribution in [0.15, 0.2) is 24.3 Å². The van der Waals surface area contributed by atoms with Gasteiger partial charge in [0.1, 0.15) is 11.8 Å². The summed E-state index contributed by atoms with van der Waals surface area (Å²) in [5.41, 5.74) is 2.27. The molecule has 19 heavy (non-hydrogen) atoms. The van der Waals surface area contributed by atoms with Gasteiger partial charge < -0.3 is 4.74 Å². The van der Waals surface area contributed by atoms with Gasteiger partial charge >= 0.3 is 6.18 Å². The SMILES string of the molecule is COc1cccc(C(N2CCC(=O)N2)C(F)(F)F)c1. The Morgan fingerprint density at radius 1 is 1.42 bits per heavy atom. The van der Waals surface area contributed by atoms with Crippen LogP contribution in [0.3, 0.4) is 0 Å². The number of hydrazine groups is 1. The van der Waals surface area contributed by atoms with Crippen molar-refractivity contribution in [3.05, 3.63) is 29.8 Å². The van der Waals surface area contributed by atoms with E-state index in [1.165, 1.54) is 25.3 Å². The van der Waals surface area contributed by atoms with Gasteiger partial charge in [-0.2, -0.15) is 13.2 Å². The first-order valence-electron chi connectivity index (χ1n) is 5.68. The van der Waals surface area contributed by atoms with E-state index >= 15 is 0 Å². The van der Waals surface area contributed by atoms with Gasteiger partial charge in [-0.25, -0.2) is 5.01 Å². The molecule has 0 saturated carbocycles. The molecule has 0 aliphatic carbocycles. The molecular formula is C12H13F3N2O2. The molecule has 7 heteroatoms. The summed E-state index contributed by atoms with van der Waals surface area (Å²) in [6.45, 7) is 0.0280. The molecule has 1 aromatic carbocycles. The molecular weight excluding hydrogens is 261 g/mol. The minimum absolute atomic E-state index is 0.0280. The monoisotopic (exact) mass is 274 g/mol. The van der Waals surface area contributed by atoms with Crippen molar-refractivity contribution in [1.82, 2.24) is 10.4 Å². The van der Waals surface area contributed by atoms with Gasteiger partial charge in [-0.05, 0) is 17.7 Å². The van der Waals surface area contributed by atoms with E-state index in [4.69, 9.17) is 4.74 Å². The first-order chi connectivity index (χ1) is 8.91. The summed E-state index contributed by atoms with van der Waals surface area (Å²) >= 11 is 0. The van der Waals surface area contributed by atoms with Crippen molar-refractivity contribution < 1.29 is 22.7 Å². The maximum atomic E-state index is 13.2. The number of benzene rings is 1. The molecule has 0 spiro atoms. The van der Waals surface area contributed by atoms with Crippen molar-refractivity contribution in [3.63, 3.8) is 0 Å². The van der Waals surface area contributed by atoms with Crippen LogP contribution in [0.2, 0.25) is 0 Å². The lowest BCUT2D eigenvalue weighted by atomic mass is 10.1. The minimum atomic E-state index is -4.48. The molecule has 1 heterocycles. The summed E-state index contributed by atoms with van der Waals surface area (Å²) in [7, 11) is 1.39. The van der Waals surface area contributed by atoms with E-state index in [0.717, 1.165) is 5.01 Å². The Balaban J connectivity index is 2.34. The van der Waals surface area contributed by atoms with Gasteiger partial charge in [0, 0.05) is 13.0 Å². The van der Waals surface area contributed by atoms with Gasteiger partial charge in [0.15, 0.2) is 0 Å². The maximum absolute atomic E-state index is 13.2. The second-order valence-electron chi connectivity index (χ2n) is 4.20. The van der Waals surface area contributed by atoms with E-state index in [9.17, 15) is 18.0 Å². The van der Waals surface area contributed by atoms with Crippen LogP contribution in [-0.4, -0.2) is 30.7 Å². The first kappa shape index (κ1) is 13.7. The number of amides is 1. The average molecular weight is 274 g/mol. The van der Waals surface area contributed by atoms with Crippen molar-refractivity contribution in [2.45, 2.75) is 18.6 Å². The zero-order chi connectivity index (χ0) is 14.0. The highest BCUT2D eigenvalue weighted by Crippen LogP contribution is 2.38. The quantitative estimate of drug-likeness (QED) is 0.917. The molecule has 1 amide bonds. The van der Waals surface area contributed by atoms with Crippen molar-refractivity contribution in [3.8, 4) is 5.75 Å². The number of ether oxygens (including phenoxy) is 1. The van der Waals surface area contributed by atoms with Gasteiger partial charge in [0.2, 0.25) is 5.91 Å². The van der Waals surface area contributed by atoms with Crippen LogP contribution in [0.1, 0.15) is 18.0 Å². The fourth-order valence-electron chi connectivity index (χ4n) is 2.04. The number of nitrogens with one attached hydrogen (secondary N) is 1. The number of hydrogen-bond acceptors (Lipinski definition) is 3. The molecule has 104 valence electrons. The third-order valence-corrected chi connectivity index (χ3v) is 2.88. The molecule has 1 N–H and O–H groups in total. The van der Waals surface area contributed by atoms with Crippen molar-refractivity contribution in [1.29, 1.82) is 0 Å². The number of nitrogens with zero attached hydrogens (tertiary/aromatic N) is 1. The van der Waals surface area contributed by atoms with E-state index in [1.54, 1.807) is 6.07 Å². The molecule has 1 aliphatic rings. The van der Waals surface area contributed by atoms with Gasteiger partial charge in [-0.15, -0.1) is 0 Å². The molecule has 1 unspecified atom stereocenters. The third kappa shape index (κ3) is 2.98. The molecule has 1 aliphatic heterocycles. The highest BCUT2D eigenvalue weighted by molar-refractivity contribution is 5.77. The number of rotatable bonds is 3. The van der Waals surface area contributed by atoms with E-state index in [1.807, 2.05) is 0 Å². The highest BCUT2D eigenvalue weighted by Gasteiger charge is 2.46. The summed E-state index contributed by atoms with van der Waals surface area (Å²) in [4.78, 5) is 11.1. The van der Waals surface area contributed by atoms with Crippen LogP contribution in [0.4, 0.5) is 13.2 Å². The minimum Gasteiger partial charge on any atom is -0.497 e. The number of hydrogen-bond donors (Lipinski definition) is 1. The zero-order valence-corrected chi connectivity index (χ0v) is 10.2. The lowest BCUT2D eigenvalue weighted by Crippen LogP contribution is -2.43. The third-order valence-electron chi connectivity index (χ3n) is 2.88. The van der Waals surface area contributed by atoms with Crippen LogP contribution < -0.4 is 10.2 Å². The predicted molar refractivity (Wildman–Crippen MR) is 61.3 cm³/mol. The Morgan fingerprint density at radius 2 is 2.16 bits per heavy atom. The molecule has 1 saturated heterocycles. The van der Waals surface area contributed by atoms with Gasteiger partial charge in [-0.1, -0.05) is 12.1 Å². The Labute approximate surface area is 108 Å². The second kappa shape index (κ2) is 5.08. The average Bonchev–Trinajstić information content (AvgIpc) is 2.74. The molecule has 0 aromatic heterocycles. The maximum Gasteiger partial charge on any atom is 0.409 e. The Hall–Kier alpha value is -1.76. The van der Waals surface area contributed by atoms with Crippen LogP contribution >= 0.6 is 0 Å². The lowest BCUT2D eigenvalue weighted by Gasteiger charge is -2.29. The molecule has 1 atom stereocenters. The number of carbonyl (C=O) groups excluding carboxylic acids is 1. The standard InChI is InChI=1S/C12H13F3N2O2/c1-19-9-4-2-3-8(7-9)11(12(13,14)15)17-6-5-10(18)16-17/h2-4,7,11H,5-6H2,1H3,(H,16,18). The molecule has 4 nitrogen and oxygen atoms in total. The summed E-state index contributed by atoms with van der Waals surface area (Å²) < 4.78 is 44.5. The Bertz CT molecular complexity index is 476. The normalized spacial score (nSPS) is 18.2. The fourth-order valence-corrected chi connectivity index (χ4v) is 2.04. The zero-order valence-electron chi connectivity index (χ0n) is 10.2. The topological polar surface area (TPSA) is 41.6 Å². The van der Waals surface area contributed by atoms with Crippen LogP contribution in [0.5, 0.6) is 5.75 Å². The molecule has 1 fully saturated rings. The number of alkyl halides is 3. The molecule has 0 bridgehead atoms. The van der Waals surface area contributed by atoms with E-state index in [-0.39, 0.29) is 18.5 Å². The van der Waals surface area contributed by atoms with Crippen LogP contribution in [0, 0.1) is 0 Å². The smallest absolute Gasteiger partial charge is 0.409 e. The highest BCUT2D eigenvalue weighted by atomic mass is 19.4. The second-order valence-corrected chi connectivity index (χ2v) is 4.20. The largest absolute Gasteiger partial charge is 0.497 e. The van der Waals surface area contributed by atoms with Gasteiger partial charge in [0.25, 0.3) is 0 Å². The molecule has 1 aromatic rings. The number of methoxy groups -OCH3 is 1. The van der Waals surface area contributed by atoms with Crippen LogP contribution in [-0.2, 0) is 4.79 Å².